The standard InChI is InChI=1S/C22H22FN3O2S/c1-15-10-11-21(29(27,28)26-25-16-6-3-2-4-7-16)19(14-15)17-12-13-24-22-18(17)8-5-9-20(22)23/h5,8-14,26H,2-4,6-7H2,1H3. The van der Waals surface area contributed by atoms with Gasteiger partial charge in [0.1, 0.15) is 11.3 Å². The normalized spacial score (nSPS) is 14.8. The molecule has 0 amide bonds. The molecule has 150 valence electrons. The number of sulfonamides is 1. The lowest BCUT2D eigenvalue weighted by atomic mass is 9.99. The maximum atomic E-state index is 14.2. The monoisotopic (exact) mass is 411 g/mol. The molecule has 1 aromatic heterocycles. The summed E-state index contributed by atoms with van der Waals surface area (Å²) in [6.45, 7) is 1.89. The van der Waals surface area contributed by atoms with E-state index in [1.54, 1.807) is 36.4 Å². The first-order valence-corrected chi connectivity index (χ1v) is 11.2. The second kappa shape index (κ2) is 7.91. The van der Waals surface area contributed by atoms with Crippen molar-refractivity contribution < 1.29 is 12.8 Å². The fourth-order valence-electron chi connectivity index (χ4n) is 3.71. The number of fused-ring (bicyclic) bond motifs is 1. The lowest BCUT2D eigenvalue weighted by Crippen LogP contribution is -2.22. The molecule has 1 heterocycles. The molecule has 5 nitrogen and oxygen atoms in total. The van der Waals surface area contributed by atoms with Crippen molar-refractivity contribution >= 4 is 26.6 Å². The largest absolute Gasteiger partial charge is 0.277 e. The van der Waals surface area contributed by atoms with Crippen molar-refractivity contribution in [2.45, 2.75) is 43.9 Å². The number of benzene rings is 2. The summed E-state index contributed by atoms with van der Waals surface area (Å²) in [6.07, 6.45) is 6.35. The molecular formula is C22H22FN3O2S. The molecule has 29 heavy (non-hydrogen) atoms. The summed E-state index contributed by atoms with van der Waals surface area (Å²) < 4.78 is 40.4. The fourth-order valence-corrected chi connectivity index (χ4v) is 4.76. The number of pyridine rings is 1. The highest BCUT2D eigenvalue weighted by Crippen LogP contribution is 2.34. The van der Waals surface area contributed by atoms with Gasteiger partial charge in [0.15, 0.2) is 0 Å². The Kier molecular flexibility index (Phi) is 5.32. The molecule has 0 saturated heterocycles. The van der Waals surface area contributed by atoms with Gasteiger partial charge in [-0.05, 0) is 56.4 Å². The van der Waals surface area contributed by atoms with Crippen LogP contribution in [0.5, 0.6) is 0 Å². The van der Waals surface area contributed by atoms with E-state index < -0.39 is 15.8 Å². The number of aromatic nitrogens is 1. The Bertz CT molecular complexity index is 1200. The minimum Gasteiger partial charge on any atom is -0.253 e. The highest BCUT2D eigenvalue weighted by Gasteiger charge is 2.21. The van der Waals surface area contributed by atoms with Crippen LogP contribution in [0.2, 0.25) is 0 Å². The van der Waals surface area contributed by atoms with Crippen LogP contribution in [0.1, 0.15) is 37.7 Å². The molecule has 0 unspecified atom stereocenters. The van der Waals surface area contributed by atoms with Crippen molar-refractivity contribution in [1.82, 2.24) is 9.82 Å². The van der Waals surface area contributed by atoms with Crippen LogP contribution >= 0.6 is 0 Å². The fraction of sp³-hybridized carbons (Fsp3) is 0.273. The van der Waals surface area contributed by atoms with Gasteiger partial charge >= 0.3 is 0 Å². The van der Waals surface area contributed by atoms with Crippen LogP contribution in [0.25, 0.3) is 22.0 Å². The molecule has 0 aliphatic heterocycles. The van der Waals surface area contributed by atoms with Gasteiger partial charge in [-0.1, -0.05) is 36.2 Å². The zero-order valence-electron chi connectivity index (χ0n) is 16.2. The predicted molar refractivity (Wildman–Crippen MR) is 113 cm³/mol. The van der Waals surface area contributed by atoms with Gasteiger partial charge < -0.3 is 0 Å². The lowest BCUT2D eigenvalue weighted by Gasteiger charge is -2.15. The maximum absolute atomic E-state index is 14.2. The summed E-state index contributed by atoms with van der Waals surface area (Å²) in [7, 11) is -3.89. The van der Waals surface area contributed by atoms with Crippen LogP contribution in [-0.2, 0) is 10.0 Å². The maximum Gasteiger partial charge on any atom is 0.277 e. The molecule has 1 N–H and O–H groups in total. The molecule has 1 aliphatic carbocycles. The Hall–Kier alpha value is -2.80. The molecule has 4 rings (SSSR count). The van der Waals surface area contributed by atoms with E-state index in [1.807, 2.05) is 6.92 Å². The molecule has 1 fully saturated rings. The van der Waals surface area contributed by atoms with E-state index in [0.717, 1.165) is 43.4 Å². The second-order valence-corrected chi connectivity index (χ2v) is 8.96. The summed E-state index contributed by atoms with van der Waals surface area (Å²) in [6, 6.07) is 11.5. The Balaban J connectivity index is 1.82. The first kappa shape index (κ1) is 19.5. The van der Waals surface area contributed by atoms with E-state index in [2.05, 4.69) is 14.9 Å². The summed E-state index contributed by atoms with van der Waals surface area (Å²) in [4.78, 5) is 6.63. The SMILES string of the molecule is Cc1ccc(S(=O)(=O)NN=C2CCCCC2)c(-c2ccnc3c(F)cccc23)c1. The summed E-state index contributed by atoms with van der Waals surface area (Å²) in [5, 5.41) is 4.73. The van der Waals surface area contributed by atoms with Gasteiger partial charge in [0, 0.05) is 22.9 Å². The number of hydrogen-bond donors (Lipinski definition) is 1. The topological polar surface area (TPSA) is 71.4 Å². The Labute approximate surface area is 169 Å². The van der Waals surface area contributed by atoms with Crippen LogP contribution < -0.4 is 4.83 Å². The van der Waals surface area contributed by atoms with Crippen molar-refractivity contribution in [1.29, 1.82) is 0 Å². The Morgan fingerprint density at radius 2 is 1.83 bits per heavy atom. The number of aryl methyl sites for hydroxylation is 1. The van der Waals surface area contributed by atoms with Crippen molar-refractivity contribution in [3.05, 3.63) is 60.0 Å². The minimum atomic E-state index is -3.89. The predicted octanol–water partition coefficient (Wildman–Crippen LogP) is 4.95. The molecule has 1 saturated carbocycles. The number of nitrogens with zero attached hydrogens (tertiary/aromatic N) is 2. The molecule has 1 aliphatic rings. The summed E-state index contributed by atoms with van der Waals surface area (Å²) in [5.74, 6) is -0.441. The van der Waals surface area contributed by atoms with Crippen LogP contribution in [0.4, 0.5) is 4.39 Å². The Morgan fingerprint density at radius 3 is 2.62 bits per heavy atom. The lowest BCUT2D eigenvalue weighted by molar-refractivity contribution is 0.583. The molecule has 0 spiro atoms. The Morgan fingerprint density at radius 1 is 1.03 bits per heavy atom. The van der Waals surface area contributed by atoms with E-state index in [-0.39, 0.29) is 10.4 Å². The van der Waals surface area contributed by atoms with Crippen molar-refractivity contribution in [2.75, 3.05) is 0 Å². The van der Waals surface area contributed by atoms with E-state index in [9.17, 15) is 12.8 Å². The van der Waals surface area contributed by atoms with Gasteiger partial charge in [-0.3, -0.25) is 4.98 Å². The first-order valence-electron chi connectivity index (χ1n) is 9.67. The number of para-hydroxylation sites is 1. The van der Waals surface area contributed by atoms with Crippen LogP contribution in [0, 0.1) is 12.7 Å². The van der Waals surface area contributed by atoms with Gasteiger partial charge in [0.25, 0.3) is 10.0 Å². The zero-order valence-corrected chi connectivity index (χ0v) is 17.0. The van der Waals surface area contributed by atoms with Gasteiger partial charge in [0.2, 0.25) is 0 Å². The van der Waals surface area contributed by atoms with Gasteiger partial charge in [-0.15, -0.1) is 0 Å². The van der Waals surface area contributed by atoms with E-state index in [0.29, 0.717) is 16.5 Å². The first-order chi connectivity index (χ1) is 14.0. The highest BCUT2D eigenvalue weighted by atomic mass is 32.2. The molecule has 2 aromatic carbocycles. The van der Waals surface area contributed by atoms with E-state index in [4.69, 9.17) is 0 Å². The van der Waals surface area contributed by atoms with E-state index >= 15 is 0 Å². The van der Waals surface area contributed by atoms with Crippen molar-refractivity contribution in [2.24, 2.45) is 5.10 Å². The molecule has 3 aromatic rings. The summed E-state index contributed by atoms with van der Waals surface area (Å²) >= 11 is 0. The zero-order chi connectivity index (χ0) is 20.4. The number of halogens is 1. The van der Waals surface area contributed by atoms with Crippen LogP contribution in [0.3, 0.4) is 0 Å². The number of hydrogen-bond acceptors (Lipinski definition) is 4. The van der Waals surface area contributed by atoms with Gasteiger partial charge in [-0.25, -0.2) is 9.22 Å². The average molecular weight is 412 g/mol. The quantitative estimate of drug-likeness (QED) is 0.618. The van der Waals surface area contributed by atoms with Crippen molar-refractivity contribution in [3.63, 3.8) is 0 Å². The molecule has 0 atom stereocenters. The number of nitrogens with one attached hydrogen (secondary N) is 1. The average Bonchev–Trinajstić information content (AvgIpc) is 2.73. The second-order valence-electron chi connectivity index (χ2n) is 7.33. The van der Waals surface area contributed by atoms with Crippen LogP contribution in [-0.4, -0.2) is 19.1 Å². The van der Waals surface area contributed by atoms with Crippen molar-refractivity contribution in [3.8, 4) is 11.1 Å². The van der Waals surface area contributed by atoms with Crippen LogP contribution in [0.15, 0.2) is 58.7 Å². The molecule has 0 radical (unpaired) electrons. The highest BCUT2D eigenvalue weighted by molar-refractivity contribution is 7.89. The molecule has 0 bridgehead atoms. The third-order valence-corrected chi connectivity index (χ3v) is 6.46. The number of rotatable bonds is 4. The van der Waals surface area contributed by atoms with E-state index in [1.165, 1.54) is 12.3 Å². The number of hydrazone groups is 1. The smallest absolute Gasteiger partial charge is 0.253 e. The molecule has 7 heteroatoms. The molecular weight excluding hydrogens is 389 g/mol. The van der Waals surface area contributed by atoms with Gasteiger partial charge in [0.05, 0.1) is 4.90 Å². The minimum absolute atomic E-state index is 0.111. The summed E-state index contributed by atoms with van der Waals surface area (Å²) in [5.41, 5.74) is 3.11. The third-order valence-electron chi connectivity index (χ3n) is 5.19. The van der Waals surface area contributed by atoms with Gasteiger partial charge in [-0.2, -0.15) is 13.5 Å². The third kappa shape index (κ3) is 4.00.